The third-order valence-corrected chi connectivity index (χ3v) is 4.51. The monoisotopic (exact) mass is 274 g/mol. The molecule has 0 aromatic carbocycles. The van der Waals surface area contributed by atoms with Gasteiger partial charge in [-0.3, -0.25) is 0 Å². The van der Waals surface area contributed by atoms with E-state index < -0.39 is 15.3 Å². The van der Waals surface area contributed by atoms with Gasteiger partial charge in [0.2, 0.25) is 10.0 Å². The van der Waals surface area contributed by atoms with Gasteiger partial charge in [0.1, 0.15) is 5.82 Å². The van der Waals surface area contributed by atoms with Crippen LogP contribution in [0.25, 0.3) is 0 Å². The predicted molar refractivity (Wildman–Crippen MR) is 71.6 cm³/mol. The molecule has 0 aliphatic carbocycles. The molecule has 6 nitrogen and oxygen atoms in total. The first kappa shape index (κ1) is 15.1. The minimum Gasteiger partial charge on any atom is -0.337 e. The Hall–Kier alpha value is -0.920. The second-order valence-corrected chi connectivity index (χ2v) is 6.52. The number of hydrogen-bond acceptors (Lipinski definition) is 4. The normalized spacial score (nSPS) is 13.7. The van der Waals surface area contributed by atoms with Gasteiger partial charge in [0, 0.05) is 26.0 Å². The summed E-state index contributed by atoms with van der Waals surface area (Å²) in [5, 5.41) is 2.65. The summed E-state index contributed by atoms with van der Waals surface area (Å²) in [4.78, 5) is 4.07. The summed E-state index contributed by atoms with van der Waals surface area (Å²) in [6.45, 7) is 5.27. The summed E-state index contributed by atoms with van der Waals surface area (Å²) < 4.78 is 28.3. The van der Waals surface area contributed by atoms with Crippen molar-refractivity contribution in [3.63, 3.8) is 0 Å². The molecule has 0 bridgehead atoms. The Labute approximate surface area is 109 Å². The first-order valence-corrected chi connectivity index (χ1v) is 7.67. The molecule has 1 unspecified atom stereocenters. The molecule has 18 heavy (non-hydrogen) atoms. The van der Waals surface area contributed by atoms with Crippen LogP contribution >= 0.6 is 0 Å². The van der Waals surface area contributed by atoms with E-state index in [-0.39, 0.29) is 6.54 Å². The molecule has 1 heterocycles. The van der Waals surface area contributed by atoms with Gasteiger partial charge in [0.05, 0.1) is 11.8 Å². The van der Waals surface area contributed by atoms with Crippen LogP contribution < -0.4 is 10.0 Å². The van der Waals surface area contributed by atoms with E-state index in [0.29, 0.717) is 12.4 Å². The number of nitrogens with zero attached hydrogens (tertiary/aromatic N) is 2. The standard InChI is InChI=1S/C11H22N4O2S/c1-4-5-12-8-10(2)18(16,17)14-9-11-13-6-7-15(11)3/h6-7,10,12,14H,4-5,8-9H2,1-3H3. The van der Waals surface area contributed by atoms with Crippen molar-refractivity contribution in [3.05, 3.63) is 18.2 Å². The lowest BCUT2D eigenvalue weighted by Crippen LogP contribution is -2.39. The topological polar surface area (TPSA) is 76.0 Å². The van der Waals surface area contributed by atoms with E-state index in [1.54, 1.807) is 23.9 Å². The third kappa shape index (κ3) is 4.40. The van der Waals surface area contributed by atoms with Crippen molar-refractivity contribution < 1.29 is 8.42 Å². The number of nitrogens with one attached hydrogen (secondary N) is 2. The Bertz CT molecular complexity index is 455. The van der Waals surface area contributed by atoms with Gasteiger partial charge in [-0.25, -0.2) is 18.1 Å². The summed E-state index contributed by atoms with van der Waals surface area (Å²) in [6.07, 6.45) is 4.43. The van der Waals surface area contributed by atoms with Gasteiger partial charge in [-0.1, -0.05) is 6.92 Å². The highest BCUT2D eigenvalue weighted by atomic mass is 32.2. The van der Waals surface area contributed by atoms with Crippen molar-refractivity contribution >= 4 is 10.0 Å². The van der Waals surface area contributed by atoms with Gasteiger partial charge >= 0.3 is 0 Å². The smallest absolute Gasteiger partial charge is 0.215 e. The van der Waals surface area contributed by atoms with E-state index in [1.165, 1.54) is 0 Å². The van der Waals surface area contributed by atoms with Crippen LogP contribution in [0.15, 0.2) is 12.4 Å². The average Bonchev–Trinajstić information content (AvgIpc) is 2.72. The highest BCUT2D eigenvalue weighted by Gasteiger charge is 2.20. The fraction of sp³-hybridized carbons (Fsp3) is 0.727. The molecule has 7 heteroatoms. The molecule has 1 aromatic heterocycles. The maximum absolute atomic E-state index is 11.9. The number of aryl methyl sites for hydroxylation is 1. The molecule has 0 amide bonds. The quantitative estimate of drug-likeness (QED) is 0.665. The molecule has 2 N–H and O–H groups in total. The molecule has 0 radical (unpaired) electrons. The fourth-order valence-electron chi connectivity index (χ4n) is 1.47. The van der Waals surface area contributed by atoms with Crippen molar-refractivity contribution in [1.29, 1.82) is 0 Å². The largest absolute Gasteiger partial charge is 0.337 e. The molecule has 0 saturated carbocycles. The van der Waals surface area contributed by atoms with E-state index in [9.17, 15) is 8.42 Å². The Morgan fingerprint density at radius 1 is 1.50 bits per heavy atom. The summed E-state index contributed by atoms with van der Waals surface area (Å²) >= 11 is 0. The third-order valence-electron chi connectivity index (χ3n) is 2.74. The maximum atomic E-state index is 11.9. The Kier molecular flexibility index (Phi) is 5.77. The number of aromatic nitrogens is 2. The van der Waals surface area contributed by atoms with Gasteiger partial charge in [-0.2, -0.15) is 0 Å². The zero-order chi connectivity index (χ0) is 13.6. The first-order chi connectivity index (χ1) is 8.47. The van der Waals surface area contributed by atoms with Crippen LogP contribution in [0, 0.1) is 0 Å². The van der Waals surface area contributed by atoms with Gasteiger partial charge < -0.3 is 9.88 Å². The van der Waals surface area contributed by atoms with Crippen LogP contribution in [0.5, 0.6) is 0 Å². The number of hydrogen-bond donors (Lipinski definition) is 2. The molecule has 0 aliphatic rings. The van der Waals surface area contributed by atoms with Crippen molar-refractivity contribution in [3.8, 4) is 0 Å². The van der Waals surface area contributed by atoms with Crippen molar-refractivity contribution in [2.75, 3.05) is 13.1 Å². The molecule has 0 fully saturated rings. The summed E-state index contributed by atoms with van der Waals surface area (Å²) in [5.74, 6) is 0.701. The van der Waals surface area contributed by atoms with Crippen LogP contribution in [-0.4, -0.2) is 36.3 Å². The second-order valence-electron chi connectivity index (χ2n) is 4.34. The lowest BCUT2D eigenvalue weighted by atomic mass is 10.4. The predicted octanol–water partition coefficient (Wildman–Crippen LogP) is 0.228. The zero-order valence-electron chi connectivity index (χ0n) is 11.2. The molecule has 1 aromatic rings. The van der Waals surface area contributed by atoms with Crippen LogP contribution in [-0.2, 0) is 23.6 Å². The lowest BCUT2D eigenvalue weighted by molar-refractivity contribution is 0.554. The van der Waals surface area contributed by atoms with Crippen LogP contribution in [0.4, 0.5) is 0 Å². The highest BCUT2D eigenvalue weighted by Crippen LogP contribution is 2.00. The summed E-state index contributed by atoms with van der Waals surface area (Å²) in [6, 6.07) is 0. The van der Waals surface area contributed by atoms with Gasteiger partial charge in [0.25, 0.3) is 0 Å². The summed E-state index contributed by atoms with van der Waals surface area (Å²) in [7, 11) is -1.46. The number of sulfonamides is 1. The van der Waals surface area contributed by atoms with E-state index >= 15 is 0 Å². The SMILES string of the molecule is CCCNCC(C)S(=O)(=O)NCc1nccn1C. The molecule has 1 rings (SSSR count). The Morgan fingerprint density at radius 2 is 2.22 bits per heavy atom. The van der Waals surface area contributed by atoms with E-state index in [4.69, 9.17) is 0 Å². The number of imidazole rings is 1. The Morgan fingerprint density at radius 3 is 2.78 bits per heavy atom. The molecule has 0 saturated heterocycles. The number of rotatable bonds is 8. The summed E-state index contributed by atoms with van der Waals surface area (Å²) in [5.41, 5.74) is 0. The van der Waals surface area contributed by atoms with Crippen LogP contribution in [0.1, 0.15) is 26.1 Å². The molecule has 0 spiro atoms. The first-order valence-electron chi connectivity index (χ1n) is 6.12. The maximum Gasteiger partial charge on any atom is 0.215 e. The molecule has 0 aliphatic heterocycles. The van der Waals surface area contributed by atoms with E-state index in [0.717, 1.165) is 13.0 Å². The van der Waals surface area contributed by atoms with Gasteiger partial charge in [-0.15, -0.1) is 0 Å². The Balaban J connectivity index is 2.46. The highest BCUT2D eigenvalue weighted by molar-refractivity contribution is 7.90. The van der Waals surface area contributed by atoms with E-state index in [1.807, 2.05) is 14.0 Å². The van der Waals surface area contributed by atoms with Gasteiger partial charge in [0.15, 0.2) is 0 Å². The second kappa shape index (κ2) is 6.86. The average molecular weight is 274 g/mol. The van der Waals surface area contributed by atoms with Crippen LogP contribution in [0.3, 0.4) is 0 Å². The minimum absolute atomic E-state index is 0.226. The zero-order valence-corrected chi connectivity index (χ0v) is 12.0. The van der Waals surface area contributed by atoms with Crippen molar-refractivity contribution in [2.24, 2.45) is 7.05 Å². The minimum atomic E-state index is -3.30. The van der Waals surface area contributed by atoms with E-state index in [2.05, 4.69) is 15.0 Å². The molecule has 104 valence electrons. The van der Waals surface area contributed by atoms with Gasteiger partial charge in [-0.05, 0) is 19.9 Å². The fourth-order valence-corrected chi connectivity index (χ4v) is 2.42. The lowest BCUT2D eigenvalue weighted by Gasteiger charge is -2.14. The van der Waals surface area contributed by atoms with Crippen LogP contribution in [0.2, 0.25) is 0 Å². The van der Waals surface area contributed by atoms with Crippen molar-refractivity contribution in [2.45, 2.75) is 32.1 Å². The van der Waals surface area contributed by atoms with Crippen molar-refractivity contribution in [1.82, 2.24) is 19.6 Å². The molecular formula is C11H22N4O2S. The molecular weight excluding hydrogens is 252 g/mol. The molecule has 1 atom stereocenters.